The molecule has 0 saturated heterocycles. The van der Waals surface area contributed by atoms with Crippen LogP contribution in [0.15, 0.2) is 30.3 Å². The number of carboxylic acids is 2. The lowest BCUT2D eigenvalue weighted by molar-refractivity contribution is -0.144. The molecular formula is C60H101N15O18. The lowest BCUT2D eigenvalue weighted by Gasteiger charge is -2.29. The minimum atomic E-state index is -1.84. The van der Waals surface area contributed by atoms with Crippen molar-refractivity contribution < 1.29 is 87.5 Å². The van der Waals surface area contributed by atoms with E-state index in [1.54, 1.807) is 65.0 Å². The Morgan fingerprint density at radius 2 is 0.914 bits per heavy atom. The van der Waals surface area contributed by atoms with Gasteiger partial charge in [0.15, 0.2) is 0 Å². The molecule has 0 aliphatic carbocycles. The van der Waals surface area contributed by atoms with Crippen molar-refractivity contribution in [3.8, 4) is 0 Å². The summed E-state index contributed by atoms with van der Waals surface area (Å²) in [5.74, 6) is -15.9. The number of primary amides is 1. The summed E-state index contributed by atoms with van der Waals surface area (Å²) in [6, 6.07) is -7.88. The van der Waals surface area contributed by atoms with Gasteiger partial charge in [-0.25, -0.2) is 4.79 Å². The highest BCUT2D eigenvalue weighted by atomic mass is 16.4. The van der Waals surface area contributed by atoms with Crippen LogP contribution in [0.1, 0.15) is 138 Å². The van der Waals surface area contributed by atoms with Crippen LogP contribution in [0.4, 0.5) is 0 Å². The van der Waals surface area contributed by atoms with Crippen LogP contribution >= 0.6 is 0 Å². The van der Waals surface area contributed by atoms with Crippen molar-refractivity contribution in [2.24, 2.45) is 40.7 Å². The number of hydrogen-bond donors (Lipinski definition) is 19. The topological polar surface area (TPSA) is 556 Å². The molecule has 0 aliphatic rings. The van der Waals surface area contributed by atoms with Gasteiger partial charge in [0.25, 0.3) is 0 Å². The minimum Gasteiger partial charge on any atom is -0.481 e. The average Bonchev–Trinajstić information content (AvgIpc) is 0.991. The van der Waals surface area contributed by atoms with Gasteiger partial charge in [-0.3, -0.25) is 62.3 Å². The SMILES string of the molecule is CCC(C)C(N)C(=O)NC(CCCCN)C(=O)NC(C)C(=O)NC(CC(N)=O)C(=O)NC(CO)C(=O)NC(CCCCN)C(=O)NC(Cc1ccccc1)C(=O)NC(C(=O)NCC(=O)NC(C(=O)NC(C(=O)NC(CCC(=O)O)C(=O)O)C(C)O)C(C)CC)C(C)CC. The van der Waals surface area contributed by atoms with Crippen molar-refractivity contribution in [2.45, 2.75) is 211 Å². The van der Waals surface area contributed by atoms with Crippen molar-refractivity contribution in [1.82, 2.24) is 58.5 Å². The largest absolute Gasteiger partial charge is 0.481 e. The molecule has 524 valence electrons. The molecule has 1 rings (SSSR count). The molecule has 1 aromatic rings. The molecular weight excluding hydrogens is 1220 g/mol. The normalized spacial score (nSPS) is 16.0. The number of nitrogens with two attached hydrogens (primary N) is 4. The summed E-state index contributed by atoms with van der Waals surface area (Å²) >= 11 is 0. The lowest BCUT2D eigenvalue weighted by Crippen LogP contribution is -2.61. The van der Waals surface area contributed by atoms with E-state index >= 15 is 0 Å². The fourth-order valence-corrected chi connectivity index (χ4v) is 9.05. The number of aliphatic carboxylic acids is 2. The summed E-state index contributed by atoms with van der Waals surface area (Å²) in [7, 11) is 0. The van der Waals surface area contributed by atoms with Crippen LogP contribution in [0.2, 0.25) is 0 Å². The van der Waals surface area contributed by atoms with Crippen LogP contribution in [-0.2, 0) is 73.5 Å². The molecule has 12 amide bonds. The van der Waals surface area contributed by atoms with Crippen LogP contribution in [0, 0.1) is 17.8 Å². The number of carboxylic acid groups (broad SMARTS) is 2. The third-order valence-electron chi connectivity index (χ3n) is 15.6. The number of carbonyl (C=O) groups is 14. The molecule has 15 unspecified atom stereocenters. The van der Waals surface area contributed by atoms with E-state index in [1.165, 1.54) is 6.92 Å². The molecule has 23 N–H and O–H groups in total. The highest BCUT2D eigenvalue weighted by Crippen LogP contribution is 2.14. The van der Waals surface area contributed by atoms with Crippen LogP contribution in [0.5, 0.6) is 0 Å². The van der Waals surface area contributed by atoms with Gasteiger partial charge in [-0.1, -0.05) is 91.1 Å². The Hall–Kier alpha value is -8.40. The molecule has 0 saturated carbocycles. The monoisotopic (exact) mass is 1320 g/mol. The van der Waals surface area contributed by atoms with Crippen molar-refractivity contribution in [3.63, 3.8) is 0 Å². The van der Waals surface area contributed by atoms with Crippen LogP contribution in [-0.4, -0.2) is 202 Å². The van der Waals surface area contributed by atoms with Gasteiger partial charge in [-0.05, 0) is 95.2 Å². The van der Waals surface area contributed by atoms with E-state index in [0.29, 0.717) is 44.2 Å². The van der Waals surface area contributed by atoms with E-state index in [9.17, 15) is 82.4 Å². The molecule has 0 fully saturated rings. The average molecular weight is 1320 g/mol. The summed E-state index contributed by atoms with van der Waals surface area (Å²) in [5, 5.41) is 66.2. The van der Waals surface area contributed by atoms with Crippen LogP contribution in [0.25, 0.3) is 0 Å². The first kappa shape index (κ1) is 82.6. The number of amides is 12. The zero-order valence-electron chi connectivity index (χ0n) is 54.4. The Morgan fingerprint density at radius 3 is 1.41 bits per heavy atom. The number of hydrogen-bond acceptors (Lipinski definition) is 19. The molecule has 1 aromatic carbocycles. The first-order valence-corrected chi connectivity index (χ1v) is 31.3. The second-order valence-corrected chi connectivity index (χ2v) is 23.1. The van der Waals surface area contributed by atoms with Crippen molar-refractivity contribution in [3.05, 3.63) is 35.9 Å². The van der Waals surface area contributed by atoms with E-state index < -0.39 is 200 Å². The second kappa shape index (κ2) is 43.4. The Kier molecular flexibility index (Phi) is 38.6. The number of nitrogens with one attached hydrogen (secondary N) is 11. The number of aliphatic hydroxyl groups excluding tert-OH is 2. The maximum absolute atomic E-state index is 14.5. The maximum atomic E-state index is 14.5. The van der Waals surface area contributed by atoms with Gasteiger partial charge in [-0.2, -0.15) is 0 Å². The Bertz CT molecular complexity index is 2650. The van der Waals surface area contributed by atoms with Crippen molar-refractivity contribution in [1.29, 1.82) is 0 Å². The van der Waals surface area contributed by atoms with E-state index in [1.807, 2.05) is 6.92 Å². The van der Waals surface area contributed by atoms with E-state index in [0.717, 1.165) is 6.92 Å². The summed E-state index contributed by atoms with van der Waals surface area (Å²) < 4.78 is 0. The number of aliphatic hydroxyl groups is 2. The summed E-state index contributed by atoms with van der Waals surface area (Å²) in [5.41, 5.74) is 23.5. The summed E-state index contributed by atoms with van der Waals surface area (Å²) in [6.07, 6.45) is -1.04. The lowest BCUT2D eigenvalue weighted by atomic mass is 9.96. The Morgan fingerprint density at radius 1 is 0.473 bits per heavy atom. The molecule has 15 atom stereocenters. The first-order valence-electron chi connectivity index (χ1n) is 31.3. The second-order valence-electron chi connectivity index (χ2n) is 23.1. The van der Waals surface area contributed by atoms with Gasteiger partial charge in [0.05, 0.1) is 31.7 Å². The summed E-state index contributed by atoms with van der Waals surface area (Å²) in [4.78, 5) is 186. The van der Waals surface area contributed by atoms with Gasteiger partial charge < -0.3 is 102 Å². The van der Waals surface area contributed by atoms with Crippen molar-refractivity contribution >= 4 is 82.8 Å². The molecule has 0 heterocycles. The van der Waals surface area contributed by atoms with E-state index in [4.69, 9.17) is 28.0 Å². The minimum absolute atomic E-state index is 0.105. The predicted octanol–water partition coefficient (Wildman–Crippen LogP) is -4.87. The fraction of sp³-hybridized carbons (Fsp3) is 0.667. The molecule has 0 bridgehead atoms. The molecule has 33 nitrogen and oxygen atoms in total. The van der Waals surface area contributed by atoms with Gasteiger partial charge in [0.2, 0.25) is 70.9 Å². The van der Waals surface area contributed by atoms with E-state index in [2.05, 4.69) is 58.5 Å². The number of benzene rings is 1. The molecule has 0 aliphatic heterocycles. The van der Waals surface area contributed by atoms with Crippen molar-refractivity contribution in [2.75, 3.05) is 26.2 Å². The summed E-state index contributed by atoms with van der Waals surface area (Å²) in [6.45, 7) is 11.2. The molecule has 0 spiro atoms. The van der Waals surface area contributed by atoms with Crippen LogP contribution < -0.4 is 81.4 Å². The fourth-order valence-electron chi connectivity index (χ4n) is 9.05. The van der Waals surface area contributed by atoms with Gasteiger partial charge in [0.1, 0.15) is 60.4 Å². The maximum Gasteiger partial charge on any atom is 0.326 e. The zero-order chi connectivity index (χ0) is 70.7. The van der Waals surface area contributed by atoms with Gasteiger partial charge >= 0.3 is 11.9 Å². The highest BCUT2D eigenvalue weighted by Gasteiger charge is 2.38. The number of rotatable bonds is 46. The van der Waals surface area contributed by atoms with Gasteiger partial charge in [0, 0.05) is 12.8 Å². The first-order chi connectivity index (χ1) is 43.8. The Balaban J connectivity index is 3.43. The molecule has 93 heavy (non-hydrogen) atoms. The predicted molar refractivity (Wildman–Crippen MR) is 337 cm³/mol. The molecule has 33 heteroatoms. The Labute approximate surface area is 541 Å². The van der Waals surface area contributed by atoms with Crippen LogP contribution in [0.3, 0.4) is 0 Å². The zero-order valence-corrected chi connectivity index (χ0v) is 54.4. The number of unbranched alkanes of at least 4 members (excludes halogenated alkanes) is 2. The smallest absolute Gasteiger partial charge is 0.326 e. The quantitative estimate of drug-likeness (QED) is 0.0272. The van der Waals surface area contributed by atoms with Gasteiger partial charge in [-0.15, -0.1) is 0 Å². The molecule has 0 radical (unpaired) electrons. The highest BCUT2D eigenvalue weighted by molar-refractivity contribution is 6.00. The van der Waals surface area contributed by atoms with E-state index in [-0.39, 0.29) is 44.6 Å². The standard InChI is InChI=1S/C60H101N15O18/c1-9-31(4)46(64)56(88)68-37(21-15-17-25-61)51(83)66-34(7)50(82)70-41(28-43(63)78)53(85)72-42(30-76)55(87)67-38(22-16-18-26-62)52(84)71-40(27-36-19-13-12-14-20-36)54(86)74-47(32(5)10-2)57(89)65-29-44(79)73-48(33(6)11-3)58(90)75-49(35(8)77)59(91)69-39(60(92)93)23-24-45(80)81/h12-14,19-20,31-35,37-42,46-49,76-77H,9-11,15-18,21-30,61-62,64H2,1-8H3,(H2,63,78)(H,65,89)(H,66,83)(H,67,87)(H,68,88)(H,69,91)(H,70,82)(H,71,84)(H,72,85)(H,73,79)(H,74,86)(H,75,90)(H,80,81)(H,92,93). The number of carbonyl (C=O) groups excluding carboxylic acids is 12. The third-order valence-corrected chi connectivity index (χ3v) is 15.6. The third kappa shape index (κ3) is 30.3. The molecule has 0 aromatic heterocycles.